The highest BCUT2D eigenvalue weighted by Gasteiger charge is 2.09. The van der Waals surface area contributed by atoms with Crippen molar-refractivity contribution in [2.75, 3.05) is 0 Å². The van der Waals surface area contributed by atoms with Crippen LogP contribution < -0.4 is 0 Å². The standard InChI is InChI=1S/C17H16S/c1-14(2)13-16(17-9-6-12-18-17)11-10-15-7-4-3-5-8-15/h3-9,12,16H,1,13H2,2H3. The third-order valence-electron chi connectivity index (χ3n) is 2.60. The van der Waals surface area contributed by atoms with E-state index in [9.17, 15) is 0 Å². The molecule has 0 saturated heterocycles. The van der Waals surface area contributed by atoms with Crippen LogP contribution in [0.5, 0.6) is 0 Å². The Hall–Kier alpha value is -1.78. The summed E-state index contributed by atoms with van der Waals surface area (Å²) in [4.78, 5) is 1.32. The second-order valence-electron chi connectivity index (χ2n) is 4.36. The van der Waals surface area contributed by atoms with E-state index in [0.29, 0.717) is 0 Å². The molecule has 1 heteroatoms. The lowest BCUT2D eigenvalue weighted by Crippen LogP contribution is -1.93. The number of benzene rings is 1. The smallest absolute Gasteiger partial charge is 0.0586 e. The van der Waals surface area contributed by atoms with E-state index in [1.54, 1.807) is 11.3 Å². The predicted molar refractivity (Wildman–Crippen MR) is 79.8 cm³/mol. The van der Waals surface area contributed by atoms with Gasteiger partial charge in [-0.1, -0.05) is 41.7 Å². The molecule has 0 spiro atoms. The molecule has 2 rings (SSSR count). The van der Waals surface area contributed by atoms with Gasteiger partial charge in [-0.15, -0.1) is 17.9 Å². The number of thiophene rings is 1. The Kier molecular flexibility index (Phi) is 4.39. The highest BCUT2D eigenvalue weighted by Crippen LogP contribution is 2.26. The van der Waals surface area contributed by atoms with Gasteiger partial charge in [0.15, 0.2) is 0 Å². The molecule has 1 unspecified atom stereocenters. The zero-order valence-electron chi connectivity index (χ0n) is 10.5. The van der Waals surface area contributed by atoms with Crippen LogP contribution in [0.1, 0.15) is 29.7 Å². The van der Waals surface area contributed by atoms with Crippen LogP contribution in [-0.2, 0) is 0 Å². The average molecular weight is 252 g/mol. The van der Waals surface area contributed by atoms with Crippen LogP contribution in [0.2, 0.25) is 0 Å². The van der Waals surface area contributed by atoms with Crippen LogP contribution >= 0.6 is 11.3 Å². The lowest BCUT2D eigenvalue weighted by atomic mass is 9.99. The monoisotopic (exact) mass is 252 g/mol. The molecule has 1 heterocycles. The van der Waals surface area contributed by atoms with E-state index >= 15 is 0 Å². The summed E-state index contributed by atoms with van der Waals surface area (Å²) in [6.45, 7) is 6.06. The molecular weight excluding hydrogens is 236 g/mol. The molecule has 0 nitrogen and oxygen atoms in total. The van der Waals surface area contributed by atoms with Gasteiger partial charge in [0.25, 0.3) is 0 Å². The third kappa shape index (κ3) is 3.61. The summed E-state index contributed by atoms with van der Waals surface area (Å²) in [5.74, 6) is 6.89. The summed E-state index contributed by atoms with van der Waals surface area (Å²) in [5.41, 5.74) is 2.25. The molecule has 1 atom stereocenters. The minimum atomic E-state index is 0.266. The van der Waals surface area contributed by atoms with Gasteiger partial charge in [0.2, 0.25) is 0 Å². The fourth-order valence-corrected chi connectivity index (χ4v) is 2.53. The Labute approximate surface area is 113 Å². The second kappa shape index (κ2) is 6.23. The molecular formula is C17H16S. The Bertz CT molecular complexity index is 553. The quantitative estimate of drug-likeness (QED) is 0.541. The van der Waals surface area contributed by atoms with E-state index in [4.69, 9.17) is 0 Å². The van der Waals surface area contributed by atoms with Gasteiger partial charge in [0.1, 0.15) is 0 Å². The molecule has 0 amide bonds. The Morgan fingerprint density at radius 1 is 1.22 bits per heavy atom. The molecule has 18 heavy (non-hydrogen) atoms. The highest BCUT2D eigenvalue weighted by molar-refractivity contribution is 7.10. The Morgan fingerprint density at radius 3 is 2.61 bits per heavy atom. The molecule has 90 valence electrons. The summed E-state index contributed by atoms with van der Waals surface area (Å²) in [6, 6.07) is 14.4. The van der Waals surface area contributed by atoms with Crippen LogP contribution in [0.15, 0.2) is 60.0 Å². The lowest BCUT2D eigenvalue weighted by molar-refractivity contribution is 0.870. The Balaban J connectivity index is 2.21. The zero-order chi connectivity index (χ0) is 12.8. The Morgan fingerprint density at radius 2 is 2.00 bits per heavy atom. The van der Waals surface area contributed by atoms with Gasteiger partial charge >= 0.3 is 0 Å². The molecule has 0 radical (unpaired) electrons. The first-order valence-electron chi connectivity index (χ1n) is 6.00. The SMILES string of the molecule is C=C(C)CC(C#Cc1ccccc1)c1cccs1. The van der Waals surface area contributed by atoms with Crippen molar-refractivity contribution in [1.82, 2.24) is 0 Å². The first kappa shape index (κ1) is 12.7. The number of rotatable bonds is 3. The highest BCUT2D eigenvalue weighted by atomic mass is 32.1. The van der Waals surface area contributed by atoms with Gasteiger partial charge in [0.05, 0.1) is 5.92 Å². The van der Waals surface area contributed by atoms with E-state index in [1.807, 2.05) is 30.3 Å². The van der Waals surface area contributed by atoms with E-state index < -0.39 is 0 Å². The van der Waals surface area contributed by atoms with Crippen LogP contribution in [0, 0.1) is 11.8 Å². The maximum Gasteiger partial charge on any atom is 0.0586 e. The van der Waals surface area contributed by atoms with Crippen LogP contribution in [-0.4, -0.2) is 0 Å². The van der Waals surface area contributed by atoms with E-state index in [0.717, 1.165) is 12.0 Å². The van der Waals surface area contributed by atoms with Crippen molar-refractivity contribution < 1.29 is 0 Å². The number of hydrogen-bond donors (Lipinski definition) is 0. The van der Waals surface area contributed by atoms with Gasteiger partial charge in [-0.25, -0.2) is 0 Å². The first-order chi connectivity index (χ1) is 8.75. The summed E-state index contributed by atoms with van der Waals surface area (Å²) >= 11 is 1.76. The summed E-state index contributed by atoms with van der Waals surface area (Å²) in [7, 11) is 0. The fraction of sp³-hybridized carbons (Fsp3) is 0.176. The summed E-state index contributed by atoms with van der Waals surface area (Å²) < 4.78 is 0. The van der Waals surface area contributed by atoms with Gasteiger partial charge in [-0.05, 0) is 36.9 Å². The van der Waals surface area contributed by atoms with Crippen molar-refractivity contribution in [2.45, 2.75) is 19.3 Å². The summed E-state index contributed by atoms with van der Waals surface area (Å²) in [6.07, 6.45) is 0.931. The molecule has 2 aromatic rings. The molecule has 0 saturated carbocycles. The normalized spacial score (nSPS) is 11.4. The maximum atomic E-state index is 4.00. The topological polar surface area (TPSA) is 0 Å². The minimum Gasteiger partial charge on any atom is -0.148 e. The van der Waals surface area contributed by atoms with Crippen molar-refractivity contribution >= 4 is 11.3 Å². The van der Waals surface area contributed by atoms with E-state index in [2.05, 4.69) is 42.9 Å². The molecule has 0 aliphatic heterocycles. The average Bonchev–Trinajstić information content (AvgIpc) is 2.89. The van der Waals surface area contributed by atoms with Gasteiger partial charge in [-0.3, -0.25) is 0 Å². The lowest BCUT2D eigenvalue weighted by Gasteiger charge is -2.07. The molecule has 0 fully saturated rings. The van der Waals surface area contributed by atoms with Crippen molar-refractivity contribution in [1.29, 1.82) is 0 Å². The molecule has 0 aliphatic rings. The van der Waals surface area contributed by atoms with Gasteiger partial charge in [0, 0.05) is 10.4 Å². The van der Waals surface area contributed by atoms with Gasteiger partial charge in [-0.2, -0.15) is 0 Å². The largest absolute Gasteiger partial charge is 0.148 e. The molecule has 1 aromatic carbocycles. The third-order valence-corrected chi connectivity index (χ3v) is 3.59. The maximum absolute atomic E-state index is 4.00. The molecule has 0 bridgehead atoms. The van der Waals surface area contributed by atoms with Crippen molar-refractivity contribution in [3.63, 3.8) is 0 Å². The number of hydrogen-bond acceptors (Lipinski definition) is 1. The van der Waals surface area contributed by atoms with E-state index in [-0.39, 0.29) is 5.92 Å². The predicted octanol–water partition coefficient (Wildman–Crippen LogP) is 4.85. The minimum absolute atomic E-state index is 0.266. The fourth-order valence-electron chi connectivity index (χ4n) is 1.75. The van der Waals surface area contributed by atoms with E-state index in [1.165, 1.54) is 10.5 Å². The number of allylic oxidation sites excluding steroid dienone is 1. The second-order valence-corrected chi connectivity index (χ2v) is 5.34. The van der Waals surface area contributed by atoms with Crippen molar-refractivity contribution in [2.24, 2.45) is 0 Å². The van der Waals surface area contributed by atoms with Crippen LogP contribution in [0.4, 0.5) is 0 Å². The van der Waals surface area contributed by atoms with Crippen molar-refractivity contribution in [3.05, 3.63) is 70.4 Å². The van der Waals surface area contributed by atoms with Crippen LogP contribution in [0.25, 0.3) is 0 Å². The van der Waals surface area contributed by atoms with Crippen molar-refractivity contribution in [3.8, 4) is 11.8 Å². The first-order valence-corrected chi connectivity index (χ1v) is 6.88. The zero-order valence-corrected chi connectivity index (χ0v) is 11.3. The molecule has 1 aromatic heterocycles. The molecule has 0 N–H and O–H groups in total. The van der Waals surface area contributed by atoms with Crippen LogP contribution in [0.3, 0.4) is 0 Å². The molecule has 0 aliphatic carbocycles. The van der Waals surface area contributed by atoms with Gasteiger partial charge < -0.3 is 0 Å². The summed E-state index contributed by atoms with van der Waals surface area (Å²) in [5, 5.41) is 2.10.